The Morgan fingerprint density at radius 1 is 0.452 bits per heavy atom. The predicted octanol–water partition coefficient (Wildman–Crippen LogP) is 13.0. The SMILES string of the molecule is CCCCCC/C=C\CCCCCCCC(=O)OCCCCCCCCCCCCCCCCCCCCCCCO. The minimum absolute atomic E-state index is 0.0121. The van der Waals surface area contributed by atoms with Crippen molar-refractivity contribution in [3.8, 4) is 0 Å². The van der Waals surface area contributed by atoms with Gasteiger partial charge in [0.1, 0.15) is 0 Å². The average Bonchev–Trinajstić information content (AvgIpc) is 3.00. The largest absolute Gasteiger partial charge is 0.466 e. The number of carbonyl (C=O) groups excluding carboxylic acids is 1. The average molecular weight is 593 g/mol. The van der Waals surface area contributed by atoms with E-state index in [0.29, 0.717) is 19.6 Å². The van der Waals surface area contributed by atoms with Crippen LogP contribution in [0.4, 0.5) is 0 Å². The summed E-state index contributed by atoms with van der Waals surface area (Å²) in [7, 11) is 0. The molecule has 0 radical (unpaired) electrons. The fourth-order valence-electron chi connectivity index (χ4n) is 5.82. The van der Waals surface area contributed by atoms with Gasteiger partial charge in [0.25, 0.3) is 0 Å². The summed E-state index contributed by atoms with van der Waals surface area (Å²) in [5, 5.41) is 8.79. The maximum absolute atomic E-state index is 11.9. The zero-order valence-corrected chi connectivity index (χ0v) is 28.7. The summed E-state index contributed by atoms with van der Waals surface area (Å²) in [5.74, 6) is 0.0121. The Labute approximate surface area is 264 Å². The molecule has 0 atom stereocenters. The van der Waals surface area contributed by atoms with Crippen LogP contribution in [-0.4, -0.2) is 24.3 Å². The highest BCUT2D eigenvalue weighted by Gasteiger charge is 2.02. The first kappa shape index (κ1) is 41.2. The molecular formula is C39H76O3. The van der Waals surface area contributed by atoms with Crippen LogP contribution in [0.1, 0.15) is 219 Å². The van der Waals surface area contributed by atoms with Gasteiger partial charge < -0.3 is 9.84 Å². The third-order valence-electron chi connectivity index (χ3n) is 8.71. The lowest BCUT2D eigenvalue weighted by atomic mass is 10.0. The topological polar surface area (TPSA) is 46.5 Å². The van der Waals surface area contributed by atoms with Gasteiger partial charge in [-0.1, -0.05) is 180 Å². The Morgan fingerprint density at radius 2 is 0.786 bits per heavy atom. The molecule has 0 rings (SSSR count). The van der Waals surface area contributed by atoms with Crippen molar-refractivity contribution in [2.24, 2.45) is 0 Å². The van der Waals surface area contributed by atoms with Gasteiger partial charge in [-0.25, -0.2) is 0 Å². The lowest BCUT2D eigenvalue weighted by molar-refractivity contribution is -0.143. The Kier molecular flexibility index (Phi) is 37.4. The van der Waals surface area contributed by atoms with Gasteiger partial charge in [0.2, 0.25) is 0 Å². The third-order valence-corrected chi connectivity index (χ3v) is 8.71. The van der Waals surface area contributed by atoms with Gasteiger partial charge in [-0.05, 0) is 44.9 Å². The van der Waals surface area contributed by atoms with E-state index in [1.54, 1.807) is 0 Å². The number of unbranched alkanes of at least 4 members (excludes halogenated alkanes) is 29. The first-order valence-electron chi connectivity index (χ1n) is 19.2. The summed E-state index contributed by atoms with van der Waals surface area (Å²) in [4.78, 5) is 11.9. The van der Waals surface area contributed by atoms with Crippen LogP contribution in [-0.2, 0) is 9.53 Å². The van der Waals surface area contributed by atoms with E-state index in [-0.39, 0.29) is 5.97 Å². The molecule has 3 heteroatoms. The van der Waals surface area contributed by atoms with Crippen molar-refractivity contribution in [2.75, 3.05) is 13.2 Å². The second kappa shape index (κ2) is 38.2. The van der Waals surface area contributed by atoms with E-state index in [1.807, 2.05) is 0 Å². The van der Waals surface area contributed by atoms with Crippen molar-refractivity contribution >= 4 is 5.97 Å². The van der Waals surface area contributed by atoms with Gasteiger partial charge in [-0.3, -0.25) is 4.79 Å². The van der Waals surface area contributed by atoms with E-state index < -0.39 is 0 Å². The molecule has 3 nitrogen and oxygen atoms in total. The molecule has 0 saturated carbocycles. The van der Waals surface area contributed by atoms with Crippen LogP contribution in [0.15, 0.2) is 12.2 Å². The quantitative estimate of drug-likeness (QED) is 0.0447. The normalized spacial score (nSPS) is 11.6. The Morgan fingerprint density at radius 3 is 1.19 bits per heavy atom. The summed E-state index contributed by atoms with van der Waals surface area (Å²) in [6.07, 6.45) is 47.3. The Hall–Kier alpha value is -0.830. The van der Waals surface area contributed by atoms with Crippen LogP contribution in [0.3, 0.4) is 0 Å². The van der Waals surface area contributed by atoms with Crippen LogP contribution in [0.25, 0.3) is 0 Å². The molecule has 0 spiro atoms. The Bertz CT molecular complexity index is 530. The monoisotopic (exact) mass is 593 g/mol. The number of rotatable bonds is 36. The van der Waals surface area contributed by atoms with Crippen LogP contribution in [0, 0.1) is 0 Å². The summed E-state index contributed by atoms with van der Waals surface area (Å²) in [6, 6.07) is 0. The summed E-state index contributed by atoms with van der Waals surface area (Å²) >= 11 is 0. The number of aliphatic hydroxyl groups excluding tert-OH is 1. The standard InChI is InChI=1S/C39H76O3/c1-2-3-4-5-6-7-8-18-21-24-27-30-33-36-39(41)42-38-35-32-29-26-23-20-17-15-13-11-9-10-12-14-16-19-22-25-28-31-34-37-40/h7-8,40H,2-6,9-38H2,1H3/b8-7-. The van der Waals surface area contributed by atoms with E-state index in [9.17, 15) is 4.79 Å². The molecule has 42 heavy (non-hydrogen) atoms. The van der Waals surface area contributed by atoms with Crippen LogP contribution < -0.4 is 0 Å². The number of carbonyl (C=O) groups is 1. The summed E-state index contributed by atoms with van der Waals surface area (Å²) < 4.78 is 5.44. The molecule has 0 aliphatic carbocycles. The van der Waals surface area contributed by atoms with Gasteiger partial charge in [-0.15, -0.1) is 0 Å². The molecule has 0 saturated heterocycles. The molecule has 0 aliphatic rings. The second-order valence-electron chi connectivity index (χ2n) is 13.0. The highest BCUT2D eigenvalue weighted by atomic mass is 16.5. The Balaban J connectivity index is 3.16. The molecule has 0 aromatic carbocycles. The molecule has 0 bridgehead atoms. The fraction of sp³-hybridized carbons (Fsp3) is 0.923. The first-order valence-corrected chi connectivity index (χ1v) is 19.2. The van der Waals surface area contributed by atoms with Gasteiger partial charge in [0.15, 0.2) is 0 Å². The van der Waals surface area contributed by atoms with Crippen molar-refractivity contribution in [1.29, 1.82) is 0 Å². The van der Waals surface area contributed by atoms with Crippen LogP contribution >= 0.6 is 0 Å². The van der Waals surface area contributed by atoms with Crippen LogP contribution in [0.2, 0.25) is 0 Å². The van der Waals surface area contributed by atoms with Gasteiger partial charge in [0.05, 0.1) is 6.61 Å². The maximum atomic E-state index is 11.9. The van der Waals surface area contributed by atoms with Gasteiger partial charge in [-0.2, -0.15) is 0 Å². The van der Waals surface area contributed by atoms with Crippen LogP contribution in [0.5, 0.6) is 0 Å². The van der Waals surface area contributed by atoms with E-state index >= 15 is 0 Å². The van der Waals surface area contributed by atoms with E-state index in [4.69, 9.17) is 9.84 Å². The highest BCUT2D eigenvalue weighted by Crippen LogP contribution is 2.15. The van der Waals surface area contributed by atoms with Crippen molar-refractivity contribution in [3.63, 3.8) is 0 Å². The van der Waals surface area contributed by atoms with Crippen molar-refractivity contribution in [2.45, 2.75) is 219 Å². The van der Waals surface area contributed by atoms with Crippen molar-refractivity contribution in [3.05, 3.63) is 12.2 Å². The molecule has 0 unspecified atom stereocenters. The summed E-state index contributed by atoms with van der Waals surface area (Å²) in [6.45, 7) is 3.25. The molecule has 0 aromatic rings. The highest BCUT2D eigenvalue weighted by molar-refractivity contribution is 5.69. The van der Waals surface area contributed by atoms with E-state index in [1.165, 1.54) is 180 Å². The molecule has 250 valence electrons. The molecule has 0 heterocycles. The lowest BCUT2D eigenvalue weighted by Crippen LogP contribution is -2.05. The summed E-state index contributed by atoms with van der Waals surface area (Å²) in [5.41, 5.74) is 0. The second-order valence-corrected chi connectivity index (χ2v) is 13.0. The minimum Gasteiger partial charge on any atom is -0.466 e. The zero-order valence-electron chi connectivity index (χ0n) is 28.7. The molecule has 0 amide bonds. The van der Waals surface area contributed by atoms with Gasteiger partial charge >= 0.3 is 5.97 Å². The molecule has 1 N–H and O–H groups in total. The van der Waals surface area contributed by atoms with Crippen molar-refractivity contribution in [1.82, 2.24) is 0 Å². The fourth-order valence-corrected chi connectivity index (χ4v) is 5.82. The number of hydrogen-bond donors (Lipinski definition) is 1. The molecule has 0 aromatic heterocycles. The smallest absolute Gasteiger partial charge is 0.305 e. The molecule has 0 fully saturated rings. The number of allylic oxidation sites excluding steroid dienone is 2. The van der Waals surface area contributed by atoms with E-state index in [2.05, 4.69) is 19.1 Å². The zero-order chi connectivity index (χ0) is 30.4. The van der Waals surface area contributed by atoms with Gasteiger partial charge in [0, 0.05) is 13.0 Å². The number of aliphatic hydroxyl groups is 1. The molecule has 0 aliphatic heterocycles. The number of ether oxygens (including phenoxy) is 1. The minimum atomic E-state index is 0.0121. The van der Waals surface area contributed by atoms with Crippen molar-refractivity contribution < 1.29 is 14.6 Å². The lowest BCUT2D eigenvalue weighted by Gasteiger charge is -2.06. The van der Waals surface area contributed by atoms with E-state index in [0.717, 1.165) is 25.7 Å². The number of hydrogen-bond acceptors (Lipinski definition) is 3. The first-order chi connectivity index (χ1) is 20.8. The number of esters is 1. The maximum Gasteiger partial charge on any atom is 0.305 e. The molecular weight excluding hydrogens is 516 g/mol. The third kappa shape index (κ3) is 37.2. The predicted molar refractivity (Wildman–Crippen MR) is 185 cm³/mol.